The van der Waals surface area contributed by atoms with Crippen molar-refractivity contribution < 1.29 is 33.4 Å². The van der Waals surface area contributed by atoms with Crippen molar-refractivity contribution in [1.82, 2.24) is 10.2 Å². The van der Waals surface area contributed by atoms with Crippen LogP contribution in [0.15, 0.2) is 47.2 Å². The van der Waals surface area contributed by atoms with E-state index in [2.05, 4.69) is 0 Å². The van der Waals surface area contributed by atoms with Crippen molar-refractivity contribution in [3.63, 3.8) is 0 Å². The summed E-state index contributed by atoms with van der Waals surface area (Å²) in [4.78, 5) is 18.1. The van der Waals surface area contributed by atoms with Crippen LogP contribution in [0.4, 0.5) is 8.78 Å². The number of hydroxylamine groups is 1. The summed E-state index contributed by atoms with van der Waals surface area (Å²) in [6, 6.07) is 0. The first-order chi connectivity index (χ1) is 13.6. The Morgan fingerprint density at radius 2 is 2.03 bits per heavy atom. The molecule has 29 heavy (non-hydrogen) atoms. The number of likely N-dealkylation sites (N-methyl/N-ethyl adjacent to an activating group) is 1. The molecule has 1 heterocycles. The molecule has 0 aromatic heterocycles. The number of carbonyl (C=O) groups is 1. The SMILES string of the molecule is C\C(=C/C=C(O)\C(F)=C\F)CN1OC(C(=O)OCC(C)C)=C(O)C2(CCC2)N1C. The normalized spacial score (nSPS) is 21.4. The van der Waals surface area contributed by atoms with Crippen molar-refractivity contribution in [3.05, 3.63) is 47.2 Å². The van der Waals surface area contributed by atoms with Gasteiger partial charge in [0.15, 0.2) is 17.3 Å². The number of hydrazine groups is 1. The zero-order valence-corrected chi connectivity index (χ0v) is 17.1. The lowest BCUT2D eigenvalue weighted by Gasteiger charge is -2.53. The number of nitrogens with zero attached hydrogens (tertiary/aromatic N) is 2. The van der Waals surface area contributed by atoms with Gasteiger partial charge in [0.2, 0.25) is 0 Å². The fourth-order valence-corrected chi connectivity index (χ4v) is 3.06. The Labute approximate surface area is 169 Å². The van der Waals surface area contributed by atoms with Crippen LogP contribution in [0.25, 0.3) is 0 Å². The minimum Gasteiger partial charge on any atom is -0.506 e. The van der Waals surface area contributed by atoms with Gasteiger partial charge in [-0.3, -0.25) is 0 Å². The average molecular weight is 414 g/mol. The Balaban J connectivity index is 2.22. The maximum Gasteiger partial charge on any atom is 0.380 e. The monoisotopic (exact) mass is 414 g/mol. The molecule has 0 saturated heterocycles. The lowest BCUT2D eigenvalue weighted by atomic mass is 9.74. The van der Waals surface area contributed by atoms with E-state index in [-0.39, 0.29) is 36.9 Å². The lowest BCUT2D eigenvalue weighted by molar-refractivity contribution is -0.309. The fourth-order valence-electron chi connectivity index (χ4n) is 3.06. The fraction of sp³-hybridized carbons (Fsp3) is 0.550. The number of hydrogen-bond donors (Lipinski definition) is 2. The van der Waals surface area contributed by atoms with E-state index in [1.165, 1.54) is 11.2 Å². The van der Waals surface area contributed by atoms with Crippen LogP contribution in [0.1, 0.15) is 40.0 Å². The largest absolute Gasteiger partial charge is 0.506 e. The van der Waals surface area contributed by atoms with Gasteiger partial charge in [-0.1, -0.05) is 30.7 Å². The molecule has 0 bridgehead atoms. The maximum atomic E-state index is 13.0. The van der Waals surface area contributed by atoms with Gasteiger partial charge < -0.3 is 19.8 Å². The molecule has 9 heteroatoms. The van der Waals surface area contributed by atoms with Crippen LogP contribution in [0, 0.1) is 5.92 Å². The van der Waals surface area contributed by atoms with Gasteiger partial charge in [0.1, 0.15) is 6.33 Å². The van der Waals surface area contributed by atoms with E-state index in [1.54, 1.807) is 19.0 Å². The van der Waals surface area contributed by atoms with E-state index < -0.39 is 23.1 Å². The zero-order valence-electron chi connectivity index (χ0n) is 17.1. The average Bonchev–Trinajstić information content (AvgIpc) is 2.64. The van der Waals surface area contributed by atoms with Crippen LogP contribution in [0.3, 0.4) is 0 Å². The molecule has 0 aromatic rings. The van der Waals surface area contributed by atoms with Crippen LogP contribution >= 0.6 is 0 Å². The molecule has 1 fully saturated rings. The summed E-state index contributed by atoms with van der Waals surface area (Å²) in [6.07, 6.45) is 4.27. The van der Waals surface area contributed by atoms with Crippen molar-refractivity contribution in [3.8, 4) is 0 Å². The molecule has 0 unspecified atom stereocenters. The highest BCUT2D eigenvalue weighted by molar-refractivity contribution is 5.87. The maximum absolute atomic E-state index is 13.0. The van der Waals surface area contributed by atoms with Crippen LogP contribution in [0.5, 0.6) is 0 Å². The van der Waals surface area contributed by atoms with Crippen LogP contribution in [-0.4, -0.2) is 52.1 Å². The molecule has 1 saturated carbocycles. The quantitative estimate of drug-likeness (QED) is 0.368. The molecule has 0 radical (unpaired) electrons. The number of hydrogen-bond acceptors (Lipinski definition) is 7. The van der Waals surface area contributed by atoms with Gasteiger partial charge in [-0.2, -0.15) is 5.01 Å². The number of rotatable bonds is 7. The molecule has 162 valence electrons. The smallest absolute Gasteiger partial charge is 0.380 e. The van der Waals surface area contributed by atoms with Gasteiger partial charge in [0.25, 0.3) is 5.76 Å². The summed E-state index contributed by atoms with van der Waals surface area (Å²) < 4.78 is 30.3. The summed E-state index contributed by atoms with van der Waals surface area (Å²) in [6.45, 7) is 5.83. The molecule has 0 amide bonds. The highest BCUT2D eigenvalue weighted by Gasteiger charge is 2.53. The third-order valence-electron chi connectivity index (χ3n) is 4.97. The Morgan fingerprint density at radius 3 is 2.55 bits per heavy atom. The van der Waals surface area contributed by atoms with Gasteiger partial charge in [0, 0.05) is 7.05 Å². The lowest BCUT2D eigenvalue weighted by Crippen LogP contribution is -2.63. The number of halogens is 2. The minimum atomic E-state index is -1.38. The molecule has 1 aliphatic heterocycles. The van der Waals surface area contributed by atoms with E-state index in [0.717, 1.165) is 12.5 Å². The van der Waals surface area contributed by atoms with Gasteiger partial charge in [-0.15, -0.1) is 0 Å². The number of esters is 1. The highest BCUT2D eigenvalue weighted by Crippen LogP contribution is 2.46. The first-order valence-electron chi connectivity index (χ1n) is 9.45. The second-order valence-corrected chi connectivity index (χ2v) is 7.70. The third kappa shape index (κ3) is 4.97. The van der Waals surface area contributed by atoms with Crippen LogP contribution < -0.4 is 0 Å². The second-order valence-electron chi connectivity index (χ2n) is 7.70. The molecular formula is C20H28F2N2O5. The van der Waals surface area contributed by atoms with Crippen molar-refractivity contribution in [2.24, 2.45) is 5.92 Å². The summed E-state index contributed by atoms with van der Waals surface area (Å²) in [7, 11) is 1.73. The molecule has 1 spiro atoms. The predicted octanol–water partition coefficient (Wildman–Crippen LogP) is 4.14. The second kappa shape index (κ2) is 9.41. The van der Waals surface area contributed by atoms with Crippen molar-refractivity contribution >= 4 is 5.97 Å². The molecule has 7 nitrogen and oxygen atoms in total. The number of carbonyl (C=O) groups excluding carboxylic acids is 1. The standard InChI is InChI=1S/C20H28F2N2O5/c1-13(2)12-28-19(27)17-18(26)20(8-5-9-20)23(4)24(29-17)11-14(3)6-7-16(25)15(22)10-21/h6-7,10,13,25-26H,5,8-9,11-12H2,1-4H3/b14-6+,15-10-,16-7+. The molecule has 2 N–H and O–H groups in total. The van der Waals surface area contributed by atoms with Gasteiger partial charge >= 0.3 is 5.97 Å². The van der Waals surface area contributed by atoms with Crippen molar-refractivity contribution in [2.45, 2.75) is 45.6 Å². The first kappa shape index (κ1) is 22.9. The van der Waals surface area contributed by atoms with Gasteiger partial charge in [-0.05, 0) is 38.2 Å². The number of aliphatic hydroxyl groups excluding tert-OH is 2. The van der Waals surface area contributed by atoms with Crippen molar-refractivity contribution in [1.29, 1.82) is 0 Å². The first-order valence-corrected chi connectivity index (χ1v) is 9.45. The summed E-state index contributed by atoms with van der Waals surface area (Å²) in [5.41, 5.74) is -0.119. The topological polar surface area (TPSA) is 82.5 Å². The molecule has 1 aliphatic carbocycles. The molecular weight excluding hydrogens is 386 g/mol. The number of allylic oxidation sites excluding steroid dienone is 3. The van der Waals surface area contributed by atoms with E-state index >= 15 is 0 Å². The Morgan fingerprint density at radius 1 is 1.38 bits per heavy atom. The van der Waals surface area contributed by atoms with Gasteiger partial charge in [-0.25, -0.2) is 13.6 Å². The van der Waals surface area contributed by atoms with Gasteiger partial charge in [0.05, 0.1) is 18.7 Å². The van der Waals surface area contributed by atoms with Crippen LogP contribution in [0.2, 0.25) is 0 Å². The predicted molar refractivity (Wildman–Crippen MR) is 102 cm³/mol. The van der Waals surface area contributed by atoms with E-state index in [9.17, 15) is 23.8 Å². The Hall–Kier alpha value is -2.39. The van der Waals surface area contributed by atoms with E-state index in [0.29, 0.717) is 18.4 Å². The summed E-state index contributed by atoms with van der Waals surface area (Å²) in [5.74, 6) is -3.23. The zero-order chi connectivity index (χ0) is 21.8. The summed E-state index contributed by atoms with van der Waals surface area (Å²) in [5, 5.41) is 23.2. The number of ether oxygens (including phenoxy) is 1. The van der Waals surface area contributed by atoms with E-state index in [1.807, 2.05) is 13.8 Å². The molecule has 0 atom stereocenters. The minimum absolute atomic E-state index is 0.130. The van der Waals surface area contributed by atoms with Crippen molar-refractivity contribution in [2.75, 3.05) is 20.2 Å². The molecule has 2 aliphatic rings. The van der Waals surface area contributed by atoms with E-state index in [4.69, 9.17) is 9.57 Å². The highest BCUT2D eigenvalue weighted by atomic mass is 19.2. The third-order valence-corrected chi connectivity index (χ3v) is 4.97. The summed E-state index contributed by atoms with van der Waals surface area (Å²) >= 11 is 0. The molecule has 2 rings (SSSR count). The Bertz CT molecular complexity index is 754. The molecule has 0 aromatic carbocycles. The Kier molecular flexibility index (Phi) is 7.43. The van der Waals surface area contributed by atoms with Crippen LogP contribution in [-0.2, 0) is 14.4 Å². The number of aliphatic hydroxyl groups is 2.